The number of hydrogen-bond acceptors (Lipinski definition) is 10. The van der Waals surface area contributed by atoms with Crippen molar-refractivity contribution in [2.75, 3.05) is 21.3 Å². The number of carbonyl (C=O) groups excluding carboxylic acids is 3. The fourth-order valence-electron chi connectivity index (χ4n) is 4.90. The maximum atomic E-state index is 13.3. The summed E-state index contributed by atoms with van der Waals surface area (Å²) in [5.41, 5.74) is 9.48. The number of thioether (sulfide) groups is 1. The Balaban J connectivity index is 1.38. The smallest absolute Gasteiger partial charge is 0.234 e. The zero-order valence-electron chi connectivity index (χ0n) is 22.1. The molecule has 0 saturated carbocycles. The zero-order valence-corrected chi connectivity index (χ0v) is 25.3. The molecule has 1 aliphatic heterocycles. The van der Waals surface area contributed by atoms with Gasteiger partial charge in [-0.2, -0.15) is 5.26 Å². The first-order chi connectivity index (χ1) is 20.2. The Kier molecular flexibility index (Phi) is 8.84. The maximum absolute atomic E-state index is 13.3. The van der Waals surface area contributed by atoms with Crippen LogP contribution in [0.25, 0.3) is 0 Å². The van der Waals surface area contributed by atoms with Gasteiger partial charge in [-0.3, -0.25) is 19.3 Å². The summed E-state index contributed by atoms with van der Waals surface area (Å²) in [5, 5.41) is 25.2. The van der Waals surface area contributed by atoms with E-state index in [2.05, 4.69) is 26.9 Å². The number of amides is 2. The lowest BCUT2D eigenvalue weighted by molar-refractivity contribution is -0.116. The van der Waals surface area contributed by atoms with E-state index in [9.17, 15) is 19.6 Å². The SMILES string of the molecule is CC(=O)Nc1ccc(NC(=O)CSc2nnc(N3C(N)=C(C#N)C(c4c(Cl)cccc4Cl)C4=C3CCCC4=O)s2)cc1. The summed E-state index contributed by atoms with van der Waals surface area (Å²) in [7, 11) is 0. The largest absolute Gasteiger partial charge is 0.384 e. The quantitative estimate of drug-likeness (QED) is 0.270. The highest BCUT2D eigenvalue weighted by molar-refractivity contribution is 8.01. The molecule has 0 spiro atoms. The molecule has 0 fully saturated rings. The first kappa shape index (κ1) is 29.6. The number of benzene rings is 2. The van der Waals surface area contributed by atoms with Crippen molar-refractivity contribution in [1.29, 1.82) is 5.26 Å². The van der Waals surface area contributed by atoms with Crippen LogP contribution in [0.1, 0.15) is 37.7 Å². The molecule has 2 heterocycles. The number of Topliss-reactive ketones (excluding diaryl/α,β-unsaturated/α-hetero) is 1. The Labute approximate surface area is 259 Å². The topological polar surface area (TPSA) is 154 Å². The van der Waals surface area contributed by atoms with E-state index in [1.807, 2.05) is 0 Å². The Morgan fingerprint density at radius 1 is 1.12 bits per heavy atom. The van der Waals surface area contributed by atoms with Gasteiger partial charge in [0, 0.05) is 51.6 Å². The summed E-state index contributed by atoms with van der Waals surface area (Å²) in [6.07, 6.45) is 1.47. The standard InChI is InChI=1S/C28H23Cl2N7O3S2/c1-14(38)33-15-8-10-16(11-9-15)34-22(40)13-41-28-36-35-27(42-28)37-20-6-3-7-21(39)25(20)23(17(12-31)26(37)32)24-18(29)4-2-5-19(24)30/h2,4-5,8-11,23H,3,6-7,13,32H2,1H3,(H,33,38)(H,34,40). The van der Waals surface area contributed by atoms with Crippen molar-refractivity contribution in [1.82, 2.24) is 10.2 Å². The lowest BCUT2D eigenvalue weighted by Gasteiger charge is -2.38. The lowest BCUT2D eigenvalue weighted by atomic mass is 9.75. The van der Waals surface area contributed by atoms with Crippen molar-refractivity contribution >= 4 is 80.4 Å². The maximum Gasteiger partial charge on any atom is 0.234 e. The highest BCUT2D eigenvalue weighted by Crippen LogP contribution is 2.49. The van der Waals surface area contributed by atoms with Gasteiger partial charge in [0.05, 0.1) is 23.3 Å². The van der Waals surface area contributed by atoms with Gasteiger partial charge in [-0.25, -0.2) is 0 Å². The first-order valence-electron chi connectivity index (χ1n) is 12.7. The Morgan fingerprint density at radius 2 is 1.79 bits per heavy atom. The molecule has 2 aliphatic rings. The third-order valence-electron chi connectivity index (χ3n) is 6.60. The molecule has 214 valence electrons. The second-order valence-electron chi connectivity index (χ2n) is 9.40. The second kappa shape index (κ2) is 12.5. The van der Waals surface area contributed by atoms with Gasteiger partial charge >= 0.3 is 0 Å². The summed E-state index contributed by atoms with van der Waals surface area (Å²) >= 11 is 15.4. The van der Waals surface area contributed by atoms with E-state index in [1.54, 1.807) is 47.4 Å². The molecule has 2 aromatic carbocycles. The van der Waals surface area contributed by atoms with Gasteiger partial charge in [0.2, 0.25) is 16.9 Å². The van der Waals surface area contributed by atoms with Crippen LogP contribution >= 0.6 is 46.3 Å². The van der Waals surface area contributed by atoms with Crippen LogP contribution in [0.2, 0.25) is 10.0 Å². The number of carbonyl (C=O) groups is 3. The number of nitrogens with zero attached hydrogens (tertiary/aromatic N) is 4. The van der Waals surface area contributed by atoms with E-state index in [1.165, 1.54) is 30.0 Å². The Morgan fingerprint density at radius 3 is 2.43 bits per heavy atom. The van der Waals surface area contributed by atoms with Crippen LogP contribution in [0.15, 0.2) is 69.5 Å². The van der Waals surface area contributed by atoms with Crippen LogP contribution < -0.4 is 21.3 Å². The van der Waals surface area contributed by atoms with Crippen LogP contribution in [-0.2, 0) is 14.4 Å². The molecule has 2 amide bonds. The van der Waals surface area contributed by atoms with Gasteiger partial charge in [-0.15, -0.1) is 10.2 Å². The summed E-state index contributed by atoms with van der Waals surface area (Å²) in [6.45, 7) is 1.42. The van der Waals surface area contributed by atoms with Gasteiger partial charge < -0.3 is 16.4 Å². The number of allylic oxidation sites excluding steroid dienone is 3. The number of ketones is 1. The number of hydrogen-bond donors (Lipinski definition) is 3. The molecule has 1 atom stereocenters. The normalized spacial score (nSPS) is 16.7. The molecule has 1 unspecified atom stereocenters. The molecule has 1 aliphatic carbocycles. The highest BCUT2D eigenvalue weighted by Gasteiger charge is 2.42. The number of nitrogens with one attached hydrogen (secondary N) is 2. The molecule has 5 rings (SSSR count). The van der Waals surface area contributed by atoms with E-state index in [0.29, 0.717) is 67.0 Å². The number of rotatable bonds is 7. The van der Waals surface area contributed by atoms with Crippen molar-refractivity contribution in [2.24, 2.45) is 5.73 Å². The van der Waals surface area contributed by atoms with Crippen LogP contribution in [0.4, 0.5) is 16.5 Å². The summed E-state index contributed by atoms with van der Waals surface area (Å²) in [5.74, 6) is -1.15. The van der Waals surface area contributed by atoms with Gasteiger partial charge in [0.25, 0.3) is 0 Å². The second-order valence-corrected chi connectivity index (χ2v) is 12.4. The number of nitrogens with two attached hydrogens (primary N) is 1. The molecule has 0 saturated heterocycles. The van der Waals surface area contributed by atoms with Crippen LogP contribution in [0.3, 0.4) is 0 Å². The van der Waals surface area contributed by atoms with Gasteiger partial charge in [-0.1, -0.05) is 52.4 Å². The molecule has 10 nitrogen and oxygen atoms in total. The number of anilines is 3. The van der Waals surface area contributed by atoms with Crippen molar-refractivity contribution in [2.45, 2.75) is 36.4 Å². The van der Waals surface area contributed by atoms with E-state index in [0.717, 1.165) is 0 Å². The Hall–Kier alpha value is -3.89. The van der Waals surface area contributed by atoms with Crippen molar-refractivity contribution in [3.63, 3.8) is 0 Å². The van der Waals surface area contributed by atoms with Gasteiger partial charge in [-0.05, 0) is 49.2 Å². The minimum atomic E-state index is -0.798. The van der Waals surface area contributed by atoms with Gasteiger partial charge in [0.1, 0.15) is 5.82 Å². The predicted octanol–water partition coefficient (Wildman–Crippen LogP) is 5.84. The third kappa shape index (κ3) is 6.00. The van der Waals surface area contributed by atoms with E-state index in [4.69, 9.17) is 28.9 Å². The van der Waals surface area contributed by atoms with Crippen LogP contribution in [0, 0.1) is 11.3 Å². The van der Waals surface area contributed by atoms with Crippen molar-refractivity contribution < 1.29 is 14.4 Å². The monoisotopic (exact) mass is 639 g/mol. The molecule has 0 bridgehead atoms. The van der Waals surface area contributed by atoms with E-state index >= 15 is 0 Å². The fourth-order valence-corrected chi connectivity index (χ4v) is 7.19. The fraction of sp³-hybridized carbons (Fsp3) is 0.214. The molecule has 4 N–H and O–H groups in total. The minimum Gasteiger partial charge on any atom is -0.384 e. The molecule has 42 heavy (non-hydrogen) atoms. The molecule has 14 heteroatoms. The summed E-state index contributed by atoms with van der Waals surface area (Å²) < 4.78 is 0.507. The van der Waals surface area contributed by atoms with Gasteiger partial charge in [0.15, 0.2) is 10.1 Å². The molecular weight excluding hydrogens is 617 g/mol. The van der Waals surface area contributed by atoms with E-state index in [-0.39, 0.29) is 34.7 Å². The Bertz CT molecular complexity index is 1680. The van der Waals surface area contributed by atoms with Crippen molar-refractivity contribution in [3.05, 3.63) is 80.7 Å². The van der Waals surface area contributed by atoms with Crippen LogP contribution in [0.5, 0.6) is 0 Å². The molecule has 3 aromatic rings. The number of nitriles is 1. The minimum absolute atomic E-state index is 0.0658. The summed E-state index contributed by atoms with van der Waals surface area (Å²) in [4.78, 5) is 38.7. The molecule has 1 aromatic heterocycles. The molecule has 0 radical (unpaired) electrons. The molecular formula is C28H23Cl2N7O3S2. The average molecular weight is 641 g/mol. The third-order valence-corrected chi connectivity index (χ3v) is 9.31. The number of halogens is 2. The first-order valence-corrected chi connectivity index (χ1v) is 15.3. The highest BCUT2D eigenvalue weighted by atomic mass is 35.5. The van der Waals surface area contributed by atoms with Crippen LogP contribution in [-0.4, -0.2) is 33.5 Å². The zero-order chi connectivity index (χ0) is 30.0. The average Bonchev–Trinajstić information content (AvgIpc) is 3.41. The van der Waals surface area contributed by atoms with Crippen molar-refractivity contribution in [3.8, 4) is 6.07 Å². The predicted molar refractivity (Wildman–Crippen MR) is 164 cm³/mol. The van der Waals surface area contributed by atoms with E-state index < -0.39 is 5.92 Å². The summed E-state index contributed by atoms with van der Waals surface area (Å²) in [6, 6.07) is 14.0. The lowest BCUT2D eigenvalue weighted by Crippen LogP contribution is -2.38. The number of aromatic nitrogens is 2.